The largest absolute Gasteiger partial charge is 0.586 e. The summed E-state index contributed by atoms with van der Waals surface area (Å²) in [6, 6.07) is 4.69. The highest BCUT2D eigenvalue weighted by Crippen LogP contribution is 2.55. The number of nitrogens with one attached hydrogen (secondary N) is 1. The van der Waals surface area contributed by atoms with E-state index in [-0.39, 0.29) is 11.5 Å². The van der Waals surface area contributed by atoms with Crippen LogP contribution in [0.5, 0.6) is 11.5 Å². The van der Waals surface area contributed by atoms with Crippen molar-refractivity contribution in [3.63, 3.8) is 0 Å². The highest BCUT2D eigenvalue weighted by molar-refractivity contribution is 5.51. The van der Waals surface area contributed by atoms with Crippen LogP contribution in [-0.4, -0.2) is 31.6 Å². The Bertz CT molecular complexity index is 920. The summed E-state index contributed by atoms with van der Waals surface area (Å²) in [6.45, 7) is 0. The maximum absolute atomic E-state index is 13.2. The molecule has 3 aromatic rings. The molecule has 0 saturated heterocycles. The Kier molecular flexibility index (Phi) is 2.39. The third kappa shape index (κ3) is 1.88. The van der Waals surface area contributed by atoms with E-state index in [1.54, 1.807) is 6.07 Å². The van der Waals surface area contributed by atoms with Crippen LogP contribution < -0.4 is 9.47 Å². The van der Waals surface area contributed by atoms with Gasteiger partial charge in [0.05, 0.1) is 5.41 Å². The fourth-order valence-corrected chi connectivity index (χ4v) is 2.82. The Morgan fingerprint density at radius 1 is 1.12 bits per heavy atom. The molecule has 0 unspecified atom stereocenters. The van der Waals surface area contributed by atoms with Gasteiger partial charge in [-0.3, -0.25) is 5.10 Å². The van der Waals surface area contributed by atoms with E-state index in [2.05, 4.69) is 34.8 Å². The fourth-order valence-electron chi connectivity index (χ4n) is 2.82. The van der Waals surface area contributed by atoms with Crippen LogP contribution in [0.1, 0.15) is 24.3 Å². The lowest BCUT2D eigenvalue weighted by molar-refractivity contribution is -0.286. The van der Waals surface area contributed by atoms with Crippen LogP contribution in [0.25, 0.3) is 11.6 Å². The number of hydrogen-bond donors (Lipinski definition) is 1. The monoisotopic (exact) mass is 333 g/mol. The highest BCUT2D eigenvalue weighted by Gasteiger charge is 2.52. The number of fused-ring (bicyclic) bond motifs is 1. The van der Waals surface area contributed by atoms with Gasteiger partial charge in [0.15, 0.2) is 17.3 Å². The minimum Gasteiger partial charge on any atom is -0.395 e. The van der Waals surface area contributed by atoms with Crippen molar-refractivity contribution in [3.05, 3.63) is 36.0 Å². The van der Waals surface area contributed by atoms with Crippen molar-refractivity contribution in [1.82, 2.24) is 25.3 Å². The molecular formula is C14H9F2N5O3. The van der Waals surface area contributed by atoms with Gasteiger partial charge in [-0.2, -0.15) is 10.1 Å². The second-order valence-electron chi connectivity index (χ2n) is 5.67. The van der Waals surface area contributed by atoms with Crippen LogP contribution in [0.3, 0.4) is 0 Å². The Labute approximate surface area is 132 Å². The molecule has 3 heterocycles. The summed E-state index contributed by atoms with van der Waals surface area (Å²) >= 11 is 0. The molecule has 0 amide bonds. The number of aromatic nitrogens is 5. The minimum atomic E-state index is -3.64. The van der Waals surface area contributed by atoms with Gasteiger partial charge in [-0.1, -0.05) is 11.2 Å². The first-order valence-corrected chi connectivity index (χ1v) is 7.16. The molecule has 1 aliphatic heterocycles. The molecule has 10 heteroatoms. The molecule has 1 aromatic carbocycles. The van der Waals surface area contributed by atoms with Gasteiger partial charge in [0, 0.05) is 0 Å². The molecule has 2 aliphatic rings. The fraction of sp³-hybridized carbons (Fsp3) is 0.286. The molecule has 5 rings (SSSR count). The second-order valence-corrected chi connectivity index (χ2v) is 5.67. The van der Waals surface area contributed by atoms with Crippen LogP contribution in [0.2, 0.25) is 0 Å². The van der Waals surface area contributed by atoms with Gasteiger partial charge in [-0.05, 0) is 30.5 Å². The number of aromatic amines is 1. The summed E-state index contributed by atoms with van der Waals surface area (Å²) < 4.78 is 40.6. The van der Waals surface area contributed by atoms with E-state index in [9.17, 15) is 8.78 Å². The summed E-state index contributed by atoms with van der Waals surface area (Å²) in [5.74, 6) is 1.10. The zero-order chi connectivity index (χ0) is 16.4. The first-order chi connectivity index (χ1) is 11.6. The summed E-state index contributed by atoms with van der Waals surface area (Å²) in [5, 5.41) is 10.3. The topological polar surface area (TPSA) is 99.0 Å². The number of nitrogens with zero attached hydrogens (tertiary/aromatic N) is 4. The first kappa shape index (κ1) is 13.4. The summed E-state index contributed by atoms with van der Waals surface area (Å²) in [6.07, 6.45) is -0.764. The second kappa shape index (κ2) is 4.28. The van der Waals surface area contributed by atoms with Gasteiger partial charge in [0.25, 0.3) is 0 Å². The molecule has 0 bridgehead atoms. The van der Waals surface area contributed by atoms with E-state index in [1.807, 2.05) is 0 Å². The zero-order valence-corrected chi connectivity index (χ0v) is 12.0. The van der Waals surface area contributed by atoms with Crippen LogP contribution in [-0.2, 0) is 5.41 Å². The summed E-state index contributed by atoms with van der Waals surface area (Å²) in [7, 11) is 0. The molecular weight excluding hydrogens is 324 g/mol. The quantitative estimate of drug-likeness (QED) is 0.785. The molecule has 1 saturated carbocycles. The lowest BCUT2D eigenvalue weighted by Crippen LogP contribution is -2.25. The third-order valence-electron chi connectivity index (χ3n) is 4.17. The highest BCUT2D eigenvalue weighted by atomic mass is 19.3. The predicted molar refractivity (Wildman–Crippen MR) is 72.3 cm³/mol. The smallest absolute Gasteiger partial charge is 0.395 e. The molecule has 24 heavy (non-hydrogen) atoms. The first-order valence-electron chi connectivity index (χ1n) is 7.16. The molecule has 0 spiro atoms. The number of rotatable bonds is 3. The average Bonchev–Trinajstić information content (AvgIpc) is 2.96. The van der Waals surface area contributed by atoms with Crippen LogP contribution in [0, 0.1) is 0 Å². The van der Waals surface area contributed by atoms with Crippen molar-refractivity contribution < 1.29 is 22.8 Å². The van der Waals surface area contributed by atoms with Gasteiger partial charge < -0.3 is 14.0 Å². The van der Waals surface area contributed by atoms with E-state index in [4.69, 9.17) is 4.52 Å². The van der Waals surface area contributed by atoms with Crippen molar-refractivity contribution in [2.24, 2.45) is 0 Å². The van der Waals surface area contributed by atoms with Crippen molar-refractivity contribution >= 4 is 0 Å². The van der Waals surface area contributed by atoms with Crippen molar-refractivity contribution in [2.75, 3.05) is 0 Å². The van der Waals surface area contributed by atoms with Gasteiger partial charge in [-0.15, -0.1) is 8.78 Å². The maximum Gasteiger partial charge on any atom is 0.586 e. The number of alkyl halides is 2. The molecule has 0 radical (unpaired) electrons. The maximum atomic E-state index is 13.2. The molecule has 1 N–H and O–H groups in total. The van der Waals surface area contributed by atoms with Gasteiger partial charge in [0.1, 0.15) is 6.33 Å². The summed E-state index contributed by atoms with van der Waals surface area (Å²) in [5.41, 5.74) is 0.261. The Morgan fingerprint density at radius 2 is 1.96 bits per heavy atom. The number of H-pyrrole nitrogens is 1. The van der Waals surface area contributed by atoms with Crippen molar-refractivity contribution in [3.8, 4) is 23.1 Å². The normalized spacial score (nSPS) is 19.4. The third-order valence-corrected chi connectivity index (χ3v) is 4.17. The molecule has 1 fully saturated rings. The number of benzene rings is 1. The number of ether oxygens (including phenoxy) is 2. The Morgan fingerprint density at radius 3 is 2.71 bits per heavy atom. The number of halogens is 2. The van der Waals surface area contributed by atoms with E-state index in [0.717, 1.165) is 18.4 Å². The lowest BCUT2D eigenvalue weighted by atomic mass is 9.95. The van der Waals surface area contributed by atoms with E-state index >= 15 is 0 Å². The van der Waals surface area contributed by atoms with E-state index in [0.29, 0.717) is 17.5 Å². The van der Waals surface area contributed by atoms with E-state index in [1.165, 1.54) is 18.5 Å². The van der Waals surface area contributed by atoms with Crippen LogP contribution in [0.4, 0.5) is 8.78 Å². The lowest BCUT2D eigenvalue weighted by Gasteiger charge is -2.10. The average molecular weight is 333 g/mol. The van der Waals surface area contributed by atoms with Crippen molar-refractivity contribution in [1.29, 1.82) is 0 Å². The Hall–Kier alpha value is -3.04. The number of hydrogen-bond acceptors (Lipinski definition) is 7. The molecule has 1 aliphatic carbocycles. The van der Waals surface area contributed by atoms with Gasteiger partial charge >= 0.3 is 6.29 Å². The predicted octanol–water partition coefficient (Wildman–Crippen LogP) is 2.26. The minimum absolute atomic E-state index is 0.00116. The molecule has 2 aromatic heterocycles. The Balaban J connectivity index is 1.51. The van der Waals surface area contributed by atoms with E-state index < -0.39 is 11.7 Å². The molecule has 0 atom stereocenters. The molecule has 122 valence electrons. The van der Waals surface area contributed by atoms with Crippen LogP contribution >= 0.6 is 0 Å². The van der Waals surface area contributed by atoms with Crippen LogP contribution in [0.15, 0.2) is 29.0 Å². The molecule has 8 nitrogen and oxygen atoms in total. The van der Waals surface area contributed by atoms with Crippen molar-refractivity contribution in [2.45, 2.75) is 24.6 Å². The standard InChI is InChI=1S/C14H9F2N5O3/c15-14(16)22-8-2-1-7(5-9(8)23-14)13(3-4-13)12-19-11(21-24-12)10-17-6-18-20-10/h1-2,5-6H,3-4H2,(H,17,18,20). The van der Waals surface area contributed by atoms with Gasteiger partial charge in [-0.25, -0.2) is 4.98 Å². The summed E-state index contributed by atoms with van der Waals surface area (Å²) in [4.78, 5) is 8.32. The zero-order valence-electron chi connectivity index (χ0n) is 12.0. The van der Waals surface area contributed by atoms with Gasteiger partial charge in [0.2, 0.25) is 11.7 Å². The SMILES string of the molecule is FC1(F)Oc2ccc(C3(c4nc(-c5ncn[nH]5)no4)CC3)cc2O1.